The van der Waals surface area contributed by atoms with Crippen LogP contribution in [0, 0.1) is 18.3 Å². The smallest absolute Gasteiger partial charge is 0.256 e. The number of carbonyl (C=O) groups excluding carboxylic acids is 1. The molecule has 0 spiro atoms. The summed E-state index contributed by atoms with van der Waals surface area (Å²) in [6.45, 7) is 4.30. The lowest BCUT2D eigenvalue weighted by Crippen LogP contribution is -2.50. The van der Waals surface area contributed by atoms with Crippen LogP contribution in [0.5, 0.6) is 5.88 Å². The first-order valence-corrected chi connectivity index (χ1v) is 10.9. The Kier molecular flexibility index (Phi) is 6.37. The quantitative estimate of drug-likeness (QED) is 0.583. The first-order valence-electron chi connectivity index (χ1n) is 10.5. The number of nitrogens with zero attached hydrogens (tertiary/aromatic N) is 6. The van der Waals surface area contributed by atoms with E-state index in [1.165, 1.54) is 4.80 Å². The van der Waals surface area contributed by atoms with Crippen LogP contribution >= 0.6 is 11.6 Å². The second-order valence-electron chi connectivity index (χ2n) is 7.72. The number of amides is 1. The first kappa shape index (κ1) is 21.8. The number of hydrogen-bond donors (Lipinski definition) is 0. The average molecular weight is 451 g/mol. The molecular formula is C23H23ClN6O2. The molecule has 0 bridgehead atoms. The number of carbonyl (C=O) groups is 1. The van der Waals surface area contributed by atoms with Crippen LogP contribution in [0.15, 0.2) is 42.9 Å². The van der Waals surface area contributed by atoms with Gasteiger partial charge in [0.2, 0.25) is 5.88 Å². The van der Waals surface area contributed by atoms with Crippen molar-refractivity contribution in [2.45, 2.75) is 45.3 Å². The second kappa shape index (κ2) is 9.37. The number of halogens is 1. The molecule has 1 fully saturated rings. The van der Waals surface area contributed by atoms with E-state index < -0.39 is 0 Å². The number of hydrogen-bond acceptors (Lipinski definition) is 6. The van der Waals surface area contributed by atoms with Gasteiger partial charge in [0.1, 0.15) is 6.10 Å². The molecule has 1 saturated heterocycles. The number of nitriles is 1. The van der Waals surface area contributed by atoms with Gasteiger partial charge >= 0.3 is 0 Å². The van der Waals surface area contributed by atoms with Gasteiger partial charge in [-0.3, -0.25) is 4.79 Å². The Morgan fingerprint density at radius 3 is 2.75 bits per heavy atom. The van der Waals surface area contributed by atoms with Gasteiger partial charge in [-0.25, -0.2) is 4.98 Å². The van der Waals surface area contributed by atoms with E-state index in [0.717, 1.165) is 19.3 Å². The molecule has 32 heavy (non-hydrogen) atoms. The van der Waals surface area contributed by atoms with E-state index in [1.807, 2.05) is 11.8 Å². The molecule has 0 N–H and O–H groups in total. The summed E-state index contributed by atoms with van der Waals surface area (Å²) in [6, 6.07) is 9.01. The number of rotatable bonds is 5. The zero-order valence-corrected chi connectivity index (χ0v) is 18.7. The number of ether oxygens (including phenoxy) is 1. The van der Waals surface area contributed by atoms with Crippen LogP contribution in [-0.2, 0) is 0 Å². The Morgan fingerprint density at radius 1 is 1.25 bits per heavy atom. The predicted molar refractivity (Wildman–Crippen MR) is 119 cm³/mol. The number of pyridine rings is 1. The third kappa shape index (κ3) is 4.30. The van der Waals surface area contributed by atoms with Gasteiger partial charge in [-0.05, 0) is 50.5 Å². The van der Waals surface area contributed by atoms with Gasteiger partial charge in [0.25, 0.3) is 5.91 Å². The maximum atomic E-state index is 13.7. The van der Waals surface area contributed by atoms with Crippen LogP contribution < -0.4 is 4.74 Å². The van der Waals surface area contributed by atoms with Gasteiger partial charge < -0.3 is 9.64 Å². The van der Waals surface area contributed by atoms with Crippen molar-refractivity contribution in [3.8, 4) is 17.6 Å². The highest BCUT2D eigenvalue weighted by Crippen LogP contribution is 2.29. The molecule has 3 aromatic rings. The minimum atomic E-state index is -0.229. The van der Waals surface area contributed by atoms with Gasteiger partial charge in [-0.15, -0.1) is 0 Å². The third-order valence-corrected chi connectivity index (χ3v) is 6.01. The minimum Gasteiger partial charge on any atom is -0.472 e. The summed E-state index contributed by atoms with van der Waals surface area (Å²) < 4.78 is 6.15. The molecule has 2 aromatic heterocycles. The van der Waals surface area contributed by atoms with Crippen LogP contribution in [-0.4, -0.2) is 49.5 Å². The molecule has 0 aliphatic carbocycles. The maximum absolute atomic E-state index is 13.7. The maximum Gasteiger partial charge on any atom is 0.256 e. The normalized spacial score (nSPS) is 18.2. The number of likely N-dealkylation sites (tertiary alicyclic amines) is 1. The van der Waals surface area contributed by atoms with E-state index in [0.29, 0.717) is 39.8 Å². The minimum absolute atomic E-state index is 0.0826. The largest absolute Gasteiger partial charge is 0.472 e. The molecular weight excluding hydrogens is 428 g/mol. The van der Waals surface area contributed by atoms with Crippen LogP contribution in [0.1, 0.15) is 47.7 Å². The zero-order valence-electron chi connectivity index (χ0n) is 17.9. The number of aromatic nitrogens is 4. The van der Waals surface area contributed by atoms with Gasteiger partial charge in [-0.2, -0.15) is 20.3 Å². The number of benzene rings is 1. The summed E-state index contributed by atoms with van der Waals surface area (Å²) in [5.74, 6) is 0.288. The summed E-state index contributed by atoms with van der Waals surface area (Å²) >= 11 is 6.23. The molecule has 0 unspecified atom stereocenters. The summed E-state index contributed by atoms with van der Waals surface area (Å²) in [6.07, 6.45) is 6.89. The van der Waals surface area contributed by atoms with Crippen molar-refractivity contribution in [3.05, 3.63) is 64.6 Å². The van der Waals surface area contributed by atoms with Gasteiger partial charge in [0.15, 0.2) is 0 Å². The van der Waals surface area contributed by atoms with Crippen LogP contribution in [0.4, 0.5) is 0 Å². The van der Waals surface area contributed by atoms with Gasteiger partial charge in [-0.1, -0.05) is 18.5 Å². The second-order valence-corrected chi connectivity index (χ2v) is 8.15. The fourth-order valence-corrected chi connectivity index (χ4v) is 4.20. The van der Waals surface area contributed by atoms with Crippen molar-refractivity contribution in [1.82, 2.24) is 24.9 Å². The van der Waals surface area contributed by atoms with Crippen molar-refractivity contribution in [2.24, 2.45) is 0 Å². The molecule has 1 aromatic carbocycles. The molecule has 3 heterocycles. The van der Waals surface area contributed by atoms with Crippen molar-refractivity contribution in [1.29, 1.82) is 5.26 Å². The molecule has 8 nitrogen and oxygen atoms in total. The highest BCUT2D eigenvalue weighted by atomic mass is 35.5. The summed E-state index contributed by atoms with van der Waals surface area (Å²) in [4.78, 5) is 21.2. The van der Waals surface area contributed by atoms with E-state index >= 15 is 0 Å². The molecule has 1 amide bonds. The molecule has 1 aliphatic heterocycles. The Balaban J connectivity index is 1.62. The first-order chi connectivity index (χ1) is 15.5. The van der Waals surface area contributed by atoms with Gasteiger partial charge in [0.05, 0.1) is 41.8 Å². The monoisotopic (exact) mass is 450 g/mol. The van der Waals surface area contributed by atoms with Crippen molar-refractivity contribution < 1.29 is 9.53 Å². The van der Waals surface area contributed by atoms with Crippen LogP contribution in [0.3, 0.4) is 0 Å². The molecule has 164 valence electrons. The zero-order chi connectivity index (χ0) is 22.7. The molecule has 2 atom stereocenters. The van der Waals surface area contributed by atoms with E-state index in [-0.39, 0.29) is 18.1 Å². The summed E-state index contributed by atoms with van der Waals surface area (Å²) in [5.41, 5.74) is 2.24. The summed E-state index contributed by atoms with van der Waals surface area (Å²) in [7, 11) is 0. The van der Waals surface area contributed by atoms with Crippen molar-refractivity contribution in [2.75, 3.05) is 6.54 Å². The Bertz CT molecular complexity index is 1160. The highest BCUT2D eigenvalue weighted by Gasteiger charge is 2.34. The van der Waals surface area contributed by atoms with E-state index in [1.54, 1.807) is 42.9 Å². The predicted octanol–water partition coefficient (Wildman–Crippen LogP) is 3.96. The molecule has 4 rings (SSSR count). The van der Waals surface area contributed by atoms with E-state index in [4.69, 9.17) is 16.3 Å². The fourth-order valence-electron chi connectivity index (χ4n) is 4.03. The Labute approximate surface area is 191 Å². The molecule has 1 aliphatic rings. The van der Waals surface area contributed by atoms with Crippen LogP contribution in [0.2, 0.25) is 5.02 Å². The van der Waals surface area contributed by atoms with E-state index in [9.17, 15) is 10.1 Å². The topological polar surface area (TPSA) is 96.9 Å². The van der Waals surface area contributed by atoms with Crippen molar-refractivity contribution >= 4 is 17.5 Å². The van der Waals surface area contributed by atoms with Crippen molar-refractivity contribution in [3.63, 3.8) is 0 Å². The lowest BCUT2D eigenvalue weighted by molar-refractivity contribution is 0.0328. The Hall–Kier alpha value is -3.44. The van der Waals surface area contributed by atoms with Crippen LogP contribution in [0.25, 0.3) is 5.69 Å². The highest BCUT2D eigenvalue weighted by molar-refractivity contribution is 6.31. The Morgan fingerprint density at radius 2 is 2.03 bits per heavy atom. The number of piperidine rings is 1. The molecule has 0 saturated carbocycles. The standard InChI is InChI=1S/C23H23ClN6O2/c1-3-18-5-6-19(32-22-15(2)16(13-25)8-9-26-22)14-29(18)23(31)20-12-17(24)4-7-21(20)30-27-10-11-28-30/h4,7-12,18-19H,3,5-6,14H2,1-2H3/t18-,19-/m1/s1. The third-order valence-electron chi connectivity index (χ3n) is 5.77. The summed E-state index contributed by atoms with van der Waals surface area (Å²) in [5, 5.41) is 18.1. The van der Waals surface area contributed by atoms with E-state index in [2.05, 4.69) is 28.2 Å². The fraction of sp³-hybridized carbons (Fsp3) is 0.348. The lowest BCUT2D eigenvalue weighted by atomic mass is 9.96. The van der Waals surface area contributed by atoms with Gasteiger partial charge in [0, 0.05) is 22.8 Å². The molecule has 0 radical (unpaired) electrons. The molecule has 9 heteroatoms. The lowest BCUT2D eigenvalue weighted by Gasteiger charge is -2.39. The average Bonchev–Trinajstić information content (AvgIpc) is 3.34. The SMILES string of the molecule is CC[C@@H]1CC[C@@H](Oc2nccc(C#N)c2C)CN1C(=O)c1cc(Cl)ccc1-n1nccn1.